The Kier molecular flexibility index (Phi) is 5.69. The number of carbonyl (C=O) groups excluding carboxylic acids is 1. The van der Waals surface area contributed by atoms with E-state index in [9.17, 15) is 4.79 Å². The molecule has 1 saturated heterocycles. The number of thioether (sulfide) groups is 1. The lowest BCUT2D eigenvalue weighted by Crippen LogP contribution is -2.49. The molecule has 24 heavy (non-hydrogen) atoms. The molecule has 1 aromatic heterocycles. The Morgan fingerprint density at radius 2 is 1.88 bits per heavy atom. The molecule has 0 atom stereocenters. The smallest absolute Gasteiger partial charge is 0.232 e. The zero-order chi connectivity index (χ0) is 16.8. The lowest BCUT2D eigenvalue weighted by Gasteiger charge is -2.34. The third kappa shape index (κ3) is 4.06. The fourth-order valence-corrected chi connectivity index (χ4v) is 3.27. The van der Waals surface area contributed by atoms with Crippen LogP contribution in [0.3, 0.4) is 0 Å². The van der Waals surface area contributed by atoms with Crippen LogP contribution in [-0.2, 0) is 4.79 Å². The van der Waals surface area contributed by atoms with Gasteiger partial charge < -0.3 is 9.80 Å². The van der Waals surface area contributed by atoms with E-state index in [0.29, 0.717) is 5.75 Å². The maximum Gasteiger partial charge on any atom is 0.232 e. The molecule has 2 aromatic rings. The van der Waals surface area contributed by atoms with Gasteiger partial charge in [0.05, 0.1) is 11.4 Å². The van der Waals surface area contributed by atoms with Crippen LogP contribution in [0.25, 0.3) is 11.3 Å². The van der Waals surface area contributed by atoms with E-state index in [1.165, 1.54) is 0 Å². The number of anilines is 1. The monoisotopic (exact) mass is 342 g/mol. The molecule has 6 heteroatoms. The Hall–Kier alpha value is -2.08. The van der Waals surface area contributed by atoms with Gasteiger partial charge in [0, 0.05) is 37.9 Å². The summed E-state index contributed by atoms with van der Waals surface area (Å²) in [6.07, 6.45) is 1.81. The molecule has 1 aliphatic heterocycles. The Balaban J connectivity index is 1.64. The van der Waals surface area contributed by atoms with Crippen molar-refractivity contribution in [3.05, 3.63) is 42.6 Å². The molecule has 1 fully saturated rings. The molecule has 5 nitrogen and oxygen atoms in total. The Bertz CT molecular complexity index is 672. The highest BCUT2D eigenvalue weighted by atomic mass is 32.2. The average Bonchev–Trinajstić information content (AvgIpc) is 2.67. The van der Waals surface area contributed by atoms with Gasteiger partial charge in [-0.25, -0.2) is 9.97 Å². The van der Waals surface area contributed by atoms with Crippen LogP contribution >= 0.6 is 11.8 Å². The number of aromatic nitrogens is 2. The van der Waals surface area contributed by atoms with E-state index in [2.05, 4.69) is 16.8 Å². The van der Waals surface area contributed by atoms with Crippen molar-refractivity contribution < 1.29 is 4.79 Å². The second kappa shape index (κ2) is 8.15. The zero-order valence-corrected chi connectivity index (χ0v) is 14.7. The molecular formula is C18H22N4OS. The minimum absolute atomic E-state index is 0.237. The zero-order valence-electron chi connectivity index (χ0n) is 13.9. The molecule has 0 aliphatic carbocycles. The third-order valence-electron chi connectivity index (χ3n) is 4.06. The number of benzene rings is 1. The quantitative estimate of drug-likeness (QED) is 0.836. The first-order chi connectivity index (χ1) is 11.8. The summed E-state index contributed by atoms with van der Waals surface area (Å²) in [7, 11) is 0. The second-order valence-corrected chi connectivity index (χ2v) is 6.89. The Morgan fingerprint density at radius 3 is 2.58 bits per heavy atom. The van der Waals surface area contributed by atoms with Crippen LogP contribution in [0.5, 0.6) is 0 Å². The predicted molar refractivity (Wildman–Crippen MR) is 99.3 cm³/mol. The van der Waals surface area contributed by atoms with Crippen molar-refractivity contribution in [1.82, 2.24) is 14.9 Å². The van der Waals surface area contributed by atoms with Gasteiger partial charge in [-0.1, -0.05) is 37.3 Å². The summed E-state index contributed by atoms with van der Waals surface area (Å²) in [4.78, 5) is 25.3. The standard InChI is InChI=1S/C18H22N4OS/c1-2-24-14-17(23)21-10-12-22(13-11-21)18-19-9-8-16(20-18)15-6-4-3-5-7-15/h3-9H,2,10-14H2,1H3. The minimum atomic E-state index is 0.237. The van der Waals surface area contributed by atoms with Crippen LogP contribution < -0.4 is 4.90 Å². The molecule has 126 valence electrons. The van der Waals surface area contributed by atoms with Crippen molar-refractivity contribution in [1.29, 1.82) is 0 Å². The van der Waals surface area contributed by atoms with Crippen LogP contribution in [0.2, 0.25) is 0 Å². The summed E-state index contributed by atoms with van der Waals surface area (Å²) in [5.74, 6) is 2.54. The molecule has 1 aliphatic rings. The van der Waals surface area contributed by atoms with Crippen molar-refractivity contribution in [2.24, 2.45) is 0 Å². The van der Waals surface area contributed by atoms with E-state index in [0.717, 1.165) is 49.1 Å². The number of hydrogen-bond acceptors (Lipinski definition) is 5. The van der Waals surface area contributed by atoms with Crippen LogP contribution in [-0.4, -0.2) is 58.5 Å². The first-order valence-corrected chi connectivity index (χ1v) is 9.42. The van der Waals surface area contributed by atoms with E-state index in [1.54, 1.807) is 18.0 Å². The maximum absolute atomic E-state index is 12.1. The summed E-state index contributed by atoms with van der Waals surface area (Å²) < 4.78 is 0. The number of nitrogens with zero attached hydrogens (tertiary/aromatic N) is 4. The number of piperazine rings is 1. The van der Waals surface area contributed by atoms with Crippen molar-refractivity contribution in [2.45, 2.75) is 6.92 Å². The third-order valence-corrected chi connectivity index (χ3v) is 4.92. The first kappa shape index (κ1) is 16.8. The number of rotatable bonds is 5. The normalized spacial score (nSPS) is 14.7. The molecular weight excluding hydrogens is 320 g/mol. The van der Waals surface area contributed by atoms with Crippen molar-refractivity contribution in [3.8, 4) is 11.3 Å². The first-order valence-electron chi connectivity index (χ1n) is 8.27. The molecule has 0 spiro atoms. The fraction of sp³-hybridized carbons (Fsp3) is 0.389. The molecule has 0 radical (unpaired) electrons. The molecule has 0 unspecified atom stereocenters. The van der Waals surface area contributed by atoms with Gasteiger partial charge in [0.1, 0.15) is 0 Å². The van der Waals surface area contributed by atoms with E-state index >= 15 is 0 Å². The molecule has 0 N–H and O–H groups in total. The van der Waals surface area contributed by atoms with Crippen LogP contribution in [0.1, 0.15) is 6.92 Å². The molecule has 3 rings (SSSR count). The maximum atomic E-state index is 12.1. The van der Waals surface area contributed by atoms with E-state index in [1.807, 2.05) is 41.3 Å². The van der Waals surface area contributed by atoms with Gasteiger partial charge in [-0.2, -0.15) is 11.8 Å². The topological polar surface area (TPSA) is 49.3 Å². The lowest BCUT2D eigenvalue weighted by molar-refractivity contribution is -0.128. The summed E-state index contributed by atoms with van der Waals surface area (Å²) in [6, 6.07) is 12.0. The fourth-order valence-electron chi connectivity index (χ4n) is 2.71. The largest absolute Gasteiger partial charge is 0.338 e. The SMILES string of the molecule is CCSCC(=O)N1CCN(c2nccc(-c3ccccc3)n2)CC1. The number of carbonyl (C=O) groups is 1. The average molecular weight is 342 g/mol. The molecule has 1 amide bonds. The Labute approximate surface area is 147 Å². The predicted octanol–water partition coefficient (Wildman–Crippen LogP) is 2.55. The van der Waals surface area contributed by atoms with Gasteiger partial charge in [-0.3, -0.25) is 4.79 Å². The van der Waals surface area contributed by atoms with Crippen LogP contribution in [0.4, 0.5) is 5.95 Å². The van der Waals surface area contributed by atoms with Gasteiger partial charge in [0.2, 0.25) is 11.9 Å². The van der Waals surface area contributed by atoms with Crippen LogP contribution in [0, 0.1) is 0 Å². The Morgan fingerprint density at radius 1 is 1.12 bits per heavy atom. The van der Waals surface area contributed by atoms with E-state index in [4.69, 9.17) is 4.98 Å². The lowest BCUT2D eigenvalue weighted by atomic mass is 10.1. The van der Waals surface area contributed by atoms with Gasteiger partial charge >= 0.3 is 0 Å². The summed E-state index contributed by atoms with van der Waals surface area (Å²) in [5.41, 5.74) is 2.02. The summed E-state index contributed by atoms with van der Waals surface area (Å²) in [5, 5.41) is 0. The van der Waals surface area contributed by atoms with Crippen LogP contribution in [0.15, 0.2) is 42.6 Å². The summed E-state index contributed by atoms with van der Waals surface area (Å²) in [6.45, 7) is 5.11. The van der Waals surface area contributed by atoms with Gasteiger partial charge in [-0.05, 0) is 11.8 Å². The van der Waals surface area contributed by atoms with Gasteiger partial charge in [-0.15, -0.1) is 0 Å². The van der Waals surface area contributed by atoms with Gasteiger partial charge in [0.15, 0.2) is 0 Å². The number of amides is 1. The second-order valence-electron chi connectivity index (χ2n) is 5.61. The summed E-state index contributed by atoms with van der Waals surface area (Å²) >= 11 is 1.68. The minimum Gasteiger partial charge on any atom is -0.338 e. The highest BCUT2D eigenvalue weighted by Gasteiger charge is 2.22. The van der Waals surface area contributed by atoms with E-state index < -0.39 is 0 Å². The van der Waals surface area contributed by atoms with E-state index in [-0.39, 0.29) is 5.91 Å². The molecule has 0 bridgehead atoms. The molecule has 1 aromatic carbocycles. The van der Waals surface area contributed by atoms with Gasteiger partial charge in [0.25, 0.3) is 0 Å². The highest BCUT2D eigenvalue weighted by Crippen LogP contribution is 2.19. The highest BCUT2D eigenvalue weighted by molar-refractivity contribution is 7.99. The van der Waals surface area contributed by atoms with Crippen molar-refractivity contribution >= 4 is 23.6 Å². The molecule has 0 saturated carbocycles. The van der Waals surface area contributed by atoms with Crippen molar-refractivity contribution in [3.63, 3.8) is 0 Å². The molecule has 2 heterocycles. The number of hydrogen-bond donors (Lipinski definition) is 0. The van der Waals surface area contributed by atoms with Crippen molar-refractivity contribution in [2.75, 3.05) is 42.6 Å².